The van der Waals surface area contributed by atoms with Crippen LogP contribution in [0.4, 0.5) is 0 Å². The third kappa shape index (κ3) is 4.67. The molecule has 1 N–H and O–H groups in total. The first kappa shape index (κ1) is 23.8. The quantitative estimate of drug-likeness (QED) is 0.352. The molecule has 0 spiro atoms. The number of H-pyrrole nitrogens is 1. The number of carbonyl (C=O) groups excluding carboxylic acids is 1. The molecule has 0 atom stereocenters. The monoisotopic (exact) mass is 488 g/mol. The molecule has 0 aliphatic carbocycles. The predicted molar refractivity (Wildman–Crippen MR) is 145 cm³/mol. The summed E-state index contributed by atoms with van der Waals surface area (Å²) >= 11 is 6.63. The normalized spacial score (nSPS) is 15.4. The van der Waals surface area contributed by atoms with Gasteiger partial charge in [-0.3, -0.25) is 14.7 Å². The second kappa shape index (κ2) is 9.63. The van der Waals surface area contributed by atoms with Crippen LogP contribution in [0.2, 0.25) is 5.02 Å². The van der Waals surface area contributed by atoms with E-state index in [0.29, 0.717) is 23.4 Å². The van der Waals surface area contributed by atoms with Crippen molar-refractivity contribution in [3.63, 3.8) is 0 Å². The van der Waals surface area contributed by atoms with Crippen LogP contribution in [-0.2, 0) is 4.79 Å². The van der Waals surface area contributed by atoms with Crippen molar-refractivity contribution in [2.45, 2.75) is 38.5 Å². The SMILES string of the molecule is CC(C)c1c(-c2cc(Cl)c3ncccc3c2)[nH]c2ccc(C3CCN(CC(=O)N(C)C)CC3)cc12. The van der Waals surface area contributed by atoms with Gasteiger partial charge in [-0.25, -0.2) is 0 Å². The number of likely N-dealkylation sites (tertiary alicyclic amines) is 1. The maximum absolute atomic E-state index is 12.1. The fraction of sp³-hybridized carbons (Fsp3) is 0.379. The van der Waals surface area contributed by atoms with Gasteiger partial charge in [0, 0.05) is 42.1 Å². The van der Waals surface area contributed by atoms with Gasteiger partial charge in [0.1, 0.15) is 0 Å². The van der Waals surface area contributed by atoms with Gasteiger partial charge < -0.3 is 9.88 Å². The number of carbonyl (C=O) groups is 1. The second-order valence-electron chi connectivity index (χ2n) is 10.2. The minimum absolute atomic E-state index is 0.177. The van der Waals surface area contributed by atoms with Crippen molar-refractivity contribution >= 4 is 39.3 Å². The molecule has 35 heavy (non-hydrogen) atoms. The minimum atomic E-state index is 0.177. The minimum Gasteiger partial charge on any atom is -0.354 e. The molecule has 5 rings (SSSR count). The fourth-order valence-electron chi connectivity index (χ4n) is 5.36. The lowest BCUT2D eigenvalue weighted by atomic mass is 9.87. The Kier molecular flexibility index (Phi) is 6.56. The number of amides is 1. The number of aromatic nitrogens is 2. The summed E-state index contributed by atoms with van der Waals surface area (Å²) in [7, 11) is 3.65. The summed E-state index contributed by atoms with van der Waals surface area (Å²) in [5.41, 5.74) is 6.94. The van der Waals surface area contributed by atoms with Crippen molar-refractivity contribution < 1.29 is 4.79 Å². The molecule has 1 saturated heterocycles. The van der Waals surface area contributed by atoms with Gasteiger partial charge >= 0.3 is 0 Å². The molecular weight excluding hydrogens is 456 g/mol. The van der Waals surface area contributed by atoms with E-state index >= 15 is 0 Å². The van der Waals surface area contributed by atoms with Crippen LogP contribution < -0.4 is 0 Å². The molecule has 5 nitrogen and oxygen atoms in total. The van der Waals surface area contributed by atoms with E-state index in [1.807, 2.05) is 26.2 Å². The zero-order valence-electron chi connectivity index (χ0n) is 20.9. The number of nitrogens with one attached hydrogen (secondary N) is 1. The molecule has 1 fully saturated rings. The number of halogens is 1. The Bertz CT molecular complexity index is 1380. The highest BCUT2D eigenvalue weighted by Gasteiger charge is 2.24. The van der Waals surface area contributed by atoms with E-state index in [4.69, 9.17) is 11.6 Å². The number of nitrogens with zero attached hydrogens (tertiary/aromatic N) is 3. The van der Waals surface area contributed by atoms with Gasteiger partial charge in [-0.2, -0.15) is 0 Å². The molecule has 0 bridgehead atoms. The number of likely N-dealkylation sites (N-methyl/N-ethyl adjacent to an activating group) is 1. The summed E-state index contributed by atoms with van der Waals surface area (Å²) in [5, 5.41) is 3.01. The van der Waals surface area contributed by atoms with Crippen LogP contribution in [0, 0.1) is 0 Å². The third-order valence-electron chi connectivity index (χ3n) is 7.30. The van der Waals surface area contributed by atoms with E-state index in [2.05, 4.69) is 59.0 Å². The van der Waals surface area contributed by atoms with E-state index in [1.54, 1.807) is 11.1 Å². The Labute approximate surface area is 212 Å². The molecule has 2 aromatic carbocycles. The van der Waals surface area contributed by atoms with Crippen LogP contribution >= 0.6 is 11.6 Å². The molecular formula is C29H33ClN4O. The van der Waals surface area contributed by atoms with Crippen LogP contribution in [0.3, 0.4) is 0 Å². The topological polar surface area (TPSA) is 52.2 Å². The van der Waals surface area contributed by atoms with Crippen LogP contribution in [0.1, 0.15) is 49.7 Å². The van der Waals surface area contributed by atoms with Crippen LogP contribution in [0.25, 0.3) is 33.1 Å². The lowest BCUT2D eigenvalue weighted by molar-refractivity contribution is -0.130. The van der Waals surface area contributed by atoms with E-state index in [-0.39, 0.29) is 5.91 Å². The Hall–Kier alpha value is -2.89. The van der Waals surface area contributed by atoms with E-state index in [0.717, 1.165) is 53.6 Å². The Balaban J connectivity index is 1.47. The largest absolute Gasteiger partial charge is 0.354 e. The first-order valence-electron chi connectivity index (χ1n) is 12.4. The number of aromatic amines is 1. The summed E-state index contributed by atoms with van der Waals surface area (Å²) in [5.74, 6) is 1.05. The van der Waals surface area contributed by atoms with Crippen molar-refractivity contribution in [3.8, 4) is 11.3 Å². The highest BCUT2D eigenvalue weighted by molar-refractivity contribution is 6.35. The number of piperidine rings is 1. The van der Waals surface area contributed by atoms with Gasteiger partial charge in [0.25, 0.3) is 0 Å². The fourth-order valence-corrected chi connectivity index (χ4v) is 5.64. The van der Waals surface area contributed by atoms with Gasteiger partial charge in [-0.1, -0.05) is 37.6 Å². The van der Waals surface area contributed by atoms with Gasteiger partial charge in [0.15, 0.2) is 0 Å². The molecule has 6 heteroatoms. The van der Waals surface area contributed by atoms with E-state index in [9.17, 15) is 4.79 Å². The molecule has 1 aliphatic rings. The van der Waals surface area contributed by atoms with Gasteiger partial charge in [0.2, 0.25) is 5.91 Å². The van der Waals surface area contributed by atoms with E-state index in [1.165, 1.54) is 16.5 Å². The van der Waals surface area contributed by atoms with Crippen molar-refractivity contribution in [1.82, 2.24) is 19.8 Å². The summed E-state index contributed by atoms with van der Waals surface area (Å²) < 4.78 is 0. The summed E-state index contributed by atoms with van der Waals surface area (Å²) in [6, 6.07) is 15.1. The van der Waals surface area contributed by atoms with Crippen molar-refractivity contribution in [2.24, 2.45) is 0 Å². The molecule has 1 aliphatic heterocycles. The molecule has 0 saturated carbocycles. The summed E-state index contributed by atoms with van der Waals surface area (Å²) in [6.45, 7) is 6.94. The molecule has 1 amide bonds. The first-order chi connectivity index (χ1) is 16.8. The maximum atomic E-state index is 12.1. The lowest BCUT2D eigenvalue weighted by Crippen LogP contribution is -2.40. The van der Waals surface area contributed by atoms with Crippen molar-refractivity contribution in [3.05, 3.63) is 64.8 Å². The van der Waals surface area contributed by atoms with E-state index < -0.39 is 0 Å². The molecule has 4 aromatic rings. The van der Waals surface area contributed by atoms with Gasteiger partial charge in [0.05, 0.1) is 22.8 Å². The van der Waals surface area contributed by atoms with Crippen LogP contribution in [0.15, 0.2) is 48.7 Å². The molecule has 182 valence electrons. The predicted octanol–water partition coefficient (Wildman–Crippen LogP) is 6.43. The highest BCUT2D eigenvalue weighted by atomic mass is 35.5. The standard InChI is InChI=1S/C29H33ClN4O/c1-18(2)27-23-15-20(19-9-12-34(13-10-19)17-26(35)33(3)4)7-8-25(23)32-29(27)22-14-21-6-5-11-31-28(21)24(30)16-22/h5-8,11,14-16,18-19,32H,9-10,12-13,17H2,1-4H3. The van der Waals surface area contributed by atoms with Crippen molar-refractivity contribution in [1.29, 1.82) is 0 Å². The molecule has 3 heterocycles. The van der Waals surface area contributed by atoms with Gasteiger partial charge in [-0.05, 0) is 79.2 Å². The number of fused-ring (bicyclic) bond motifs is 2. The maximum Gasteiger partial charge on any atom is 0.236 e. The zero-order chi connectivity index (χ0) is 24.7. The molecule has 0 unspecified atom stereocenters. The van der Waals surface area contributed by atoms with Crippen LogP contribution in [0.5, 0.6) is 0 Å². The highest BCUT2D eigenvalue weighted by Crippen LogP contribution is 2.40. The third-order valence-corrected chi connectivity index (χ3v) is 7.59. The Morgan fingerprint density at radius 3 is 2.66 bits per heavy atom. The number of rotatable bonds is 5. The molecule has 2 aromatic heterocycles. The number of hydrogen-bond donors (Lipinski definition) is 1. The Morgan fingerprint density at radius 1 is 1.17 bits per heavy atom. The first-order valence-corrected chi connectivity index (χ1v) is 12.8. The number of hydrogen-bond acceptors (Lipinski definition) is 3. The number of benzene rings is 2. The summed E-state index contributed by atoms with van der Waals surface area (Å²) in [6.07, 6.45) is 3.93. The second-order valence-corrected chi connectivity index (χ2v) is 10.7. The smallest absolute Gasteiger partial charge is 0.236 e. The molecule has 0 radical (unpaired) electrons. The van der Waals surface area contributed by atoms with Crippen molar-refractivity contribution in [2.75, 3.05) is 33.7 Å². The average Bonchev–Trinajstić information content (AvgIpc) is 3.23. The van der Waals surface area contributed by atoms with Gasteiger partial charge in [-0.15, -0.1) is 0 Å². The zero-order valence-corrected chi connectivity index (χ0v) is 21.7. The Morgan fingerprint density at radius 2 is 1.94 bits per heavy atom. The van der Waals surface area contributed by atoms with Crippen LogP contribution in [-0.4, -0.2) is 59.4 Å². The average molecular weight is 489 g/mol. The lowest BCUT2D eigenvalue weighted by Gasteiger charge is -2.32. The number of pyridine rings is 1. The summed E-state index contributed by atoms with van der Waals surface area (Å²) in [4.78, 5) is 24.2.